The number of methoxy groups -OCH3 is 1. The number of carbonyl (C=O) groups excluding carboxylic acids is 1. The summed E-state index contributed by atoms with van der Waals surface area (Å²) in [5, 5.41) is 0. The van der Waals surface area contributed by atoms with Crippen molar-refractivity contribution >= 4 is 5.91 Å². The molecule has 104 valence electrons. The highest BCUT2D eigenvalue weighted by Crippen LogP contribution is 2.27. The van der Waals surface area contributed by atoms with Crippen LogP contribution in [-0.2, 0) is 9.53 Å². The van der Waals surface area contributed by atoms with Crippen LogP contribution in [0.25, 0.3) is 0 Å². The number of ether oxygens (including phenoxy) is 1. The maximum atomic E-state index is 11.9. The number of hydrogen-bond acceptors (Lipinski definition) is 4. The van der Waals surface area contributed by atoms with Crippen LogP contribution in [0, 0.1) is 0 Å². The lowest BCUT2D eigenvalue weighted by molar-refractivity contribution is -0.142. The molecule has 0 aromatic heterocycles. The number of carbonyl (C=O) groups is 1. The van der Waals surface area contributed by atoms with Crippen LogP contribution in [0.4, 0.5) is 0 Å². The number of nitrogens with zero attached hydrogens (tertiary/aromatic N) is 3. The number of fused-ring (bicyclic) bond motifs is 1. The number of piperazine rings is 2. The van der Waals surface area contributed by atoms with Gasteiger partial charge in [0.05, 0.1) is 0 Å². The van der Waals surface area contributed by atoms with Gasteiger partial charge in [0.1, 0.15) is 6.61 Å². The number of rotatable bonds is 2. The molecule has 0 aromatic rings. The van der Waals surface area contributed by atoms with Crippen LogP contribution in [-0.4, -0.2) is 85.7 Å². The topological polar surface area (TPSA) is 36.0 Å². The second-order valence-electron chi connectivity index (χ2n) is 6.13. The van der Waals surface area contributed by atoms with Crippen molar-refractivity contribution in [3.63, 3.8) is 0 Å². The van der Waals surface area contributed by atoms with Crippen molar-refractivity contribution in [3.05, 3.63) is 0 Å². The highest BCUT2D eigenvalue weighted by molar-refractivity contribution is 5.77. The Kier molecular flexibility index (Phi) is 3.94. The fourth-order valence-corrected chi connectivity index (χ4v) is 3.43. The predicted molar refractivity (Wildman–Crippen MR) is 70.5 cm³/mol. The van der Waals surface area contributed by atoms with Crippen LogP contribution in [0.2, 0.25) is 0 Å². The van der Waals surface area contributed by atoms with Gasteiger partial charge in [-0.3, -0.25) is 9.69 Å². The first-order valence-corrected chi connectivity index (χ1v) is 6.66. The summed E-state index contributed by atoms with van der Waals surface area (Å²) in [5.74, 6) is 0.114. The Morgan fingerprint density at radius 2 is 2.06 bits per heavy atom. The lowest BCUT2D eigenvalue weighted by Gasteiger charge is -2.55. The van der Waals surface area contributed by atoms with Crippen LogP contribution in [0.5, 0.6) is 0 Å². The smallest absolute Gasteiger partial charge is 0.248 e. The van der Waals surface area contributed by atoms with E-state index < -0.39 is 0 Å². The van der Waals surface area contributed by atoms with E-state index >= 15 is 0 Å². The molecular weight excluding hydrogens is 230 g/mol. The molecule has 2 fully saturated rings. The third-order valence-electron chi connectivity index (χ3n) is 4.06. The molecule has 2 aliphatic heterocycles. The molecule has 0 spiro atoms. The Morgan fingerprint density at radius 1 is 1.33 bits per heavy atom. The quantitative estimate of drug-likeness (QED) is 0.689. The Balaban J connectivity index is 2.02. The van der Waals surface area contributed by atoms with Gasteiger partial charge in [-0.25, -0.2) is 0 Å². The Bertz CT molecular complexity index is 319. The third-order valence-corrected chi connectivity index (χ3v) is 4.06. The molecule has 2 heterocycles. The Morgan fingerprint density at radius 3 is 2.72 bits per heavy atom. The van der Waals surface area contributed by atoms with Gasteiger partial charge in [-0.1, -0.05) is 0 Å². The molecule has 0 bridgehead atoms. The highest BCUT2D eigenvalue weighted by Gasteiger charge is 2.42. The summed E-state index contributed by atoms with van der Waals surface area (Å²) in [6.07, 6.45) is 0. The first-order valence-electron chi connectivity index (χ1n) is 6.66. The van der Waals surface area contributed by atoms with Crippen LogP contribution in [0.15, 0.2) is 0 Å². The Hall–Kier alpha value is -0.650. The summed E-state index contributed by atoms with van der Waals surface area (Å²) in [5.41, 5.74) is 0.202. The fourth-order valence-electron chi connectivity index (χ4n) is 3.43. The second-order valence-corrected chi connectivity index (χ2v) is 6.13. The summed E-state index contributed by atoms with van der Waals surface area (Å²) in [7, 11) is 3.74. The standard InChI is InChI=1S/C13H25N3O2/c1-13(2)10-14(3)7-11-8-15(5-6-16(11)13)12(17)9-18-4/h11H,5-10H2,1-4H3. The van der Waals surface area contributed by atoms with Crippen molar-refractivity contribution in [3.8, 4) is 0 Å². The van der Waals surface area contributed by atoms with Gasteiger partial charge >= 0.3 is 0 Å². The van der Waals surface area contributed by atoms with Crippen molar-refractivity contribution in [2.24, 2.45) is 0 Å². The molecule has 0 radical (unpaired) electrons. The third kappa shape index (κ3) is 2.68. The van der Waals surface area contributed by atoms with E-state index in [1.807, 2.05) is 4.90 Å². The molecule has 0 aromatic carbocycles. The van der Waals surface area contributed by atoms with Gasteiger partial charge in [-0.15, -0.1) is 0 Å². The second kappa shape index (κ2) is 5.15. The average molecular weight is 255 g/mol. The van der Waals surface area contributed by atoms with Crippen molar-refractivity contribution < 1.29 is 9.53 Å². The number of amides is 1. The van der Waals surface area contributed by atoms with Gasteiger partial charge < -0.3 is 14.5 Å². The zero-order chi connectivity index (χ0) is 13.3. The molecule has 2 aliphatic rings. The highest BCUT2D eigenvalue weighted by atomic mass is 16.5. The summed E-state index contributed by atoms with van der Waals surface area (Å²) in [4.78, 5) is 18.8. The van der Waals surface area contributed by atoms with Crippen LogP contribution < -0.4 is 0 Å². The van der Waals surface area contributed by atoms with Gasteiger partial charge in [0.15, 0.2) is 0 Å². The molecule has 5 nitrogen and oxygen atoms in total. The van der Waals surface area contributed by atoms with Gasteiger partial charge in [-0.05, 0) is 20.9 Å². The average Bonchev–Trinajstić information content (AvgIpc) is 2.27. The molecule has 0 N–H and O–H groups in total. The first-order chi connectivity index (χ1) is 8.44. The molecule has 0 aliphatic carbocycles. The molecule has 18 heavy (non-hydrogen) atoms. The molecular formula is C13H25N3O2. The minimum absolute atomic E-state index is 0.114. The van der Waals surface area contributed by atoms with E-state index in [0.29, 0.717) is 6.04 Å². The SMILES string of the molecule is COCC(=O)N1CCN2C(CN(C)CC2(C)C)C1. The van der Waals surface area contributed by atoms with E-state index in [9.17, 15) is 4.79 Å². The van der Waals surface area contributed by atoms with Crippen molar-refractivity contribution in [2.45, 2.75) is 25.4 Å². The molecule has 5 heteroatoms. The zero-order valence-electron chi connectivity index (χ0n) is 12.0. The van der Waals surface area contributed by atoms with Gasteiger partial charge in [0.2, 0.25) is 5.91 Å². The van der Waals surface area contributed by atoms with Gasteiger partial charge in [0, 0.05) is 51.4 Å². The normalized spacial score (nSPS) is 29.1. The monoisotopic (exact) mass is 255 g/mol. The van der Waals surface area contributed by atoms with E-state index in [4.69, 9.17) is 4.74 Å². The molecule has 2 saturated heterocycles. The molecule has 2 rings (SSSR count). The summed E-state index contributed by atoms with van der Waals surface area (Å²) >= 11 is 0. The van der Waals surface area contributed by atoms with E-state index in [0.717, 1.165) is 32.7 Å². The fraction of sp³-hybridized carbons (Fsp3) is 0.923. The van der Waals surface area contributed by atoms with Crippen LogP contribution in [0.3, 0.4) is 0 Å². The minimum atomic E-state index is 0.114. The van der Waals surface area contributed by atoms with Crippen LogP contribution >= 0.6 is 0 Å². The summed E-state index contributed by atoms with van der Waals surface area (Å²) in [6.45, 7) is 9.55. The predicted octanol–water partition coefficient (Wildman–Crippen LogP) is -0.130. The lowest BCUT2D eigenvalue weighted by Crippen LogP contribution is -2.69. The molecule has 1 amide bonds. The zero-order valence-corrected chi connectivity index (χ0v) is 12.0. The molecule has 0 saturated carbocycles. The summed E-state index contributed by atoms with van der Waals surface area (Å²) < 4.78 is 4.94. The van der Waals surface area contributed by atoms with E-state index in [-0.39, 0.29) is 18.1 Å². The largest absolute Gasteiger partial charge is 0.375 e. The van der Waals surface area contributed by atoms with E-state index in [1.165, 1.54) is 0 Å². The van der Waals surface area contributed by atoms with Gasteiger partial charge in [-0.2, -0.15) is 0 Å². The maximum Gasteiger partial charge on any atom is 0.248 e. The Labute approximate surface area is 110 Å². The minimum Gasteiger partial charge on any atom is -0.375 e. The van der Waals surface area contributed by atoms with Crippen LogP contribution in [0.1, 0.15) is 13.8 Å². The molecule has 1 atom stereocenters. The van der Waals surface area contributed by atoms with Crippen molar-refractivity contribution in [1.29, 1.82) is 0 Å². The number of likely N-dealkylation sites (N-methyl/N-ethyl adjacent to an activating group) is 1. The summed E-state index contributed by atoms with van der Waals surface area (Å²) in [6, 6.07) is 0.452. The lowest BCUT2D eigenvalue weighted by atomic mass is 9.93. The van der Waals surface area contributed by atoms with Crippen molar-refractivity contribution in [2.75, 3.05) is 53.5 Å². The first kappa shape index (κ1) is 13.8. The van der Waals surface area contributed by atoms with E-state index in [2.05, 4.69) is 30.7 Å². The maximum absolute atomic E-state index is 11.9. The molecule has 1 unspecified atom stereocenters. The van der Waals surface area contributed by atoms with Crippen molar-refractivity contribution in [1.82, 2.24) is 14.7 Å². The number of hydrogen-bond donors (Lipinski definition) is 0. The van der Waals surface area contributed by atoms with E-state index in [1.54, 1.807) is 7.11 Å². The van der Waals surface area contributed by atoms with Gasteiger partial charge in [0.25, 0.3) is 0 Å².